The lowest BCUT2D eigenvalue weighted by atomic mass is 9.93. The molecule has 2 fully saturated rings. The third kappa shape index (κ3) is 3.89. The maximum Gasteiger partial charge on any atom is 0.255 e. The Kier molecular flexibility index (Phi) is 5.73. The number of likely N-dealkylation sites (tertiary alicyclic amines) is 1. The molecular weight excluding hydrogens is 460 g/mol. The topological polar surface area (TPSA) is 97.8 Å². The number of fused-ring (bicyclic) bond motifs is 2. The Morgan fingerprint density at radius 3 is 2.91 bits per heavy atom. The second-order valence-corrected chi connectivity index (χ2v) is 11.1. The van der Waals surface area contributed by atoms with E-state index in [0.29, 0.717) is 13.1 Å². The van der Waals surface area contributed by atoms with Gasteiger partial charge in [-0.15, -0.1) is 11.3 Å². The molecule has 6 rings (SSSR count). The molecule has 5 heterocycles. The van der Waals surface area contributed by atoms with E-state index in [9.17, 15) is 15.2 Å². The van der Waals surface area contributed by atoms with Gasteiger partial charge in [0.05, 0.1) is 35.4 Å². The third-order valence-corrected chi connectivity index (χ3v) is 8.86. The van der Waals surface area contributed by atoms with Crippen LogP contribution >= 0.6 is 11.3 Å². The van der Waals surface area contributed by atoms with E-state index < -0.39 is 12.0 Å². The number of aliphatic hydroxyl groups excluding tert-OH is 1. The number of carbonyl (C=O) groups excluding carboxylic acids is 1. The number of aromatic nitrogens is 3. The maximum atomic E-state index is 13.7. The van der Waals surface area contributed by atoms with E-state index in [1.807, 2.05) is 29.0 Å². The van der Waals surface area contributed by atoms with Gasteiger partial charge in [0.1, 0.15) is 5.82 Å². The fourth-order valence-electron chi connectivity index (χ4n) is 5.90. The largest absolute Gasteiger partial charge is 0.390 e. The minimum atomic E-state index is -0.664. The van der Waals surface area contributed by atoms with E-state index in [-0.39, 0.29) is 11.9 Å². The molecule has 0 saturated carbocycles. The molecule has 3 aromatic rings. The van der Waals surface area contributed by atoms with E-state index >= 15 is 0 Å². The van der Waals surface area contributed by atoms with Crippen molar-refractivity contribution in [3.63, 3.8) is 0 Å². The molecule has 0 aromatic carbocycles. The van der Waals surface area contributed by atoms with Crippen LogP contribution in [0.2, 0.25) is 0 Å². The maximum absolute atomic E-state index is 13.7. The SMILES string of the molecule is Cc1cn2nc([C@@H]3CCCCN3C(=O)c3csc4c3CCCC4)cc2nc1N1C[C@@H](C#N)[C@@H](O)C1. The van der Waals surface area contributed by atoms with Gasteiger partial charge in [-0.05, 0) is 57.4 Å². The van der Waals surface area contributed by atoms with Crippen molar-refractivity contribution < 1.29 is 9.90 Å². The Morgan fingerprint density at radius 1 is 1.23 bits per heavy atom. The summed E-state index contributed by atoms with van der Waals surface area (Å²) < 4.78 is 1.80. The first kappa shape index (κ1) is 22.5. The lowest BCUT2D eigenvalue weighted by Gasteiger charge is -2.35. The van der Waals surface area contributed by atoms with Gasteiger partial charge in [0, 0.05) is 47.7 Å². The van der Waals surface area contributed by atoms with Crippen molar-refractivity contribution in [2.45, 2.75) is 64.0 Å². The summed E-state index contributed by atoms with van der Waals surface area (Å²) in [6.45, 7) is 3.60. The molecule has 0 unspecified atom stereocenters. The molecule has 0 spiro atoms. The summed E-state index contributed by atoms with van der Waals surface area (Å²) in [4.78, 5) is 24.0. The Hall–Kier alpha value is -2.96. The van der Waals surface area contributed by atoms with Gasteiger partial charge < -0.3 is 14.9 Å². The van der Waals surface area contributed by atoms with Gasteiger partial charge in [0.25, 0.3) is 5.91 Å². The summed E-state index contributed by atoms with van der Waals surface area (Å²) in [6, 6.07) is 4.13. The Morgan fingerprint density at radius 2 is 2.09 bits per heavy atom. The monoisotopic (exact) mass is 490 g/mol. The van der Waals surface area contributed by atoms with Crippen molar-refractivity contribution in [3.05, 3.63) is 44.9 Å². The van der Waals surface area contributed by atoms with Crippen molar-refractivity contribution >= 4 is 28.7 Å². The second kappa shape index (κ2) is 8.92. The van der Waals surface area contributed by atoms with Crippen LogP contribution in [0.15, 0.2) is 17.6 Å². The van der Waals surface area contributed by atoms with Gasteiger partial charge >= 0.3 is 0 Å². The summed E-state index contributed by atoms with van der Waals surface area (Å²) in [5, 5.41) is 26.4. The molecule has 1 amide bonds. The highest BCUT2D eigenvalue weighted by Gasteiger charge is 2.35. The smallest absolute Gasteiger partial charge is 0.255 e. The number of aliphatic hydroxyl groups is 1. The fraction of sp³-hybridized carbons (Fsp3) is 0.538. The molecule has 8 nitrogen and oxygen atoms in total. The molecule has 0 radical (unpaired) electrons. The summed E-state index contributed by atoms with van der Waals surface area (Å²) >= 11 is 1.74. The summed E-state index contributed by atoms with van der Waals surface area (Å²) in [7, 11) is 0. The average Bonchev–Trinajstić information content (AvgIpc) is 3.59. The number of hydrogen-bond donors (Lipinski definition) is 1. The number of rotatable bonds is 3. The normalized spacial score (nSPS) is 24.5. The first-order valence-electron chi connectivity index (χ1n) is 12.6. The molecule has 3 atom stereocenters. The van der Waals surface area contributed by atoms with Crippen molar-refractivity contribution in [3.8, 4) is 6.07 Å². The zero-order valence-corrected chi connectivity index (χ0v) is 20.8. The summed E-state index contributed by atoms with van der Waals surface area (Å²) in [5.41, 5.74) is 4.72. The first-order valence-corrected chi connectivity index (χ1v) is 13.5. The molecule has 1 N–H and O–H groups in total. The minimum Gasteiger partial charge on any atom is -0.390 e. The summed E-state index contributed by atoms with van der Waals surface area (Å²) in [5.74, 6) is 0.518. The number of piperidine rings is 1. The number of nitrogens with zero attached hydrogens (tertiary/aromatic N) is 6. The molecule has 0 bridgehead atoms. The van der Waals surface area contributed by atoms with Crippen LogP contribution < -0.4 is 4.90 Å². The summed E-state index contributed by atoms with van der Waals surface area (Å²) in [6.07, 6.45) is 8.77. The standard InChI is InChI=1S/C26H30N6O2S/c1-16-12-32-24(28-25(16)30-13-17(11-27)22(33)14-30)10-20(29-32)21-7-4-5-9-31(21)26(34)19-15-35-23-8-3-2-6-18(19)23/h10,12,15,17,21-22,33H,2-9,13-14H2,1H3/t17-,21+,22+/m1/s1. The van der Waals surface area contributed by atoms with Crippen molar-refractivity contribution in [1.82, 2.24) is 19.5 Å². The van der Waals surface area contributed by atoms with Gasteiger partial charge in [-0.3, -0.25) is 4.79 Å². The van der Waals surface area contributed by atoms with Gasteiger partial charge in [0.15, 0.2) is 5.65 Å². The molecule has 9 heteroatoms. The lowest BCUT2D eigenvalue weighted by molar-refractivity contribution is 0.0605. The van der Waals surface area contributed by atoms with Crippen LogP contribution in [0.25, 0.3) is 5.65 Å². The highest BCUT2D eigenvalue weighted by atomic mass is 32.1. The average molecular weight is 491 g/mol. The van der Waals surface area contributed by atoms with E-state index in [2.05, 4.69) is 11.4 Å². The van der Waals surface area contributed by atoms with E-state index in [4.69, 9.17) is 10.1 Å². The zero-order valence-electron chi connectivity index (χ0n) is 20.0. The Labute approximate surface area is 208 Å². The molecule has 3 aromatic heterocycles. The van der Waals surface area contributed by atoms with Gasteiger partial charge in [-0.25, -0.2) is 9.50 Å². The van der Waals surface area contributed by atoms with Gasteiger partial charge in [0.2, 0.25) is 0 Å². The minimum absolute atomic E-state index is 0.0579. The molecule has 1 aliphatic carbocycles. The number of aryl methyl sites for hydroxylation is 2. The number of thiophene rings is 1. The molecule has 3 aliphatic rings. The quantitative estimate of drug-likeness (QED) is 0.602. The van der Waals surface area contributed by atoms with Crippen molar-refractivity contribution in [2.24, 2.45) is 5.92 Å². The third-order valence-electron chi connectivity index (χ3n) is 7.78. The van der Waals surface area contributed by atoms with E-state index in [0.717, 1.165) is 73.4 Å². The molecular formula is C26H30N6O2S. The van der Waals surface area contributed by atoms with E-state index in [1.165, 1.54) is 16.9 Å². The van der Waals surface area contributed by atoms with Gasteiger partial charge in [-0.1, -0.05) is 0 Å². The number of amides is 1. The fourth-order valence-corrected chi connectivity index (χ4v) is 7.02. The Bertz CT molecular complexity index is 1320. The zero-order chi connectivity index (χ0) is 24.1. The second-order valence-electron chi connectivity index (χ2n) is 10.1. The number of β-amino-alcohol motifs (C(OH)–C–C–N with tert-alkyl or cyclic N) is 1. The van der Waals surface area contributed by atoms with Gasteiger partial charge in [-0.2, -0.15) is 10.4 Å². The van der Waals surface area contributed by atoms with Crippen LogP contribution in [-0.2, 0) is 12.8 Å². The van der Waals surface area contributed by atoms with Crippen molar-refractivity contribution in [2.75, 3.05) is 24.5 Å². The van der Waals surface area contributed by atoms with Crippen LogP contribution in [-0.4, -0.2) is 56.2 Å². The van der Waals surface area contributed by atoms with Crippen LogP contribution in [0, 0.1) is 24.2 Å². The Balaban J connectivity index is 1.31. The first-order chi connectivity index (χ1) is 17.0. The number of anilines is 1. The number of carbonyl (C=O) groups is 1. The molecule has 35 heavy (non-hydrogen) atoms. The number of nitriles is 1. The molecule has 182 valence electrons. The van der Waals surface area contributed by atoms with Crippen LogP contribution in [0.3, 0.4) is 0 Å². The predicted octanol–water partition coefficient (Wildman–Crippen LogP) is 3.67. The van der Waals surface area contributed by atoms with Crippen LogP contribution in [0.5, 0.6) is 0 Å². The lowest BCUT2D eigenvalue weighted by Crippen LogP contribution is -2.39. The molecule has 2 aliphatic heterocycles. The highest BCUT2D eigenvalue weighted by Crippen LogP contribution is 2.36. The number of hydrogen-bond acceptors (Lipinski definition) is 7. The van der Waals surface area contributed by atoms with Crippen LogP contribution in [0.4, 0.5) is 5.82 Å². The van der Waals surface area contributed by atoms with E-state index in [1.54, 1.807) is 15.9 Å². The van der Waals surface area contributed by atoms with Crippen molar-refractivity contribution in [1.29, 1.82) is 5.26 Å². The molecule has 2 saturated heterocycles. The predicted molar refractivity (Wildman–Crippen MR) is 134 cm³/mol. The highest BCUT2D eigenvalue weighted by molar-refractivity contribution is 7.10. The van der Waals surface area contributed by atoms with Crippen LogP contribution in [0.1, 0.15) is 70.2 Å².